The minimum atomic E-state index is -3.67. The molecule has 2 heterocycles. The van der Waals surface area contributed by atoms with Gasteiger partial charge in [-0.3, -0.25) is 14.0 Å². The van der Waals surface area contributed by atoms with E-state index in [1.54, 1.807) is 11.8 Å². The zero-order valence-corrected chi connectivity index (χ0v) is 23.4. The lowest BCUT2D eigenvalue weighted by Crippen LogP contribution is -2.46. The highest BCUT2D eigenvalue weighted by Gasteiger charge is 2.30. The summed E-state index contributed by atoms with van der Waals surface area (Å²) in [5.74, 6) is 0. The van der Waals surface area contributed by atoms with Crippen molar-refractivity contribution in [1.82, 2.24) is 9.80 Å². The van der Waals surface area contributed by atoms with Crippen LogP contribution in [-0.2, 0) is 26.7 Å². The fourth-order valence-electron chi connectivity index (χ4n) is 3.60. The molecule has 4 N–H and O–H groups in total. The lowest BCUT2D eigenvalue weighted by atomic mass is 9.96. The number of fused-ring (bicyclic) bond motifs is 2. The van der Waals surface area contributed by atoms with Gasteiger partial charge in [-0.05, 0) is 42.8 Å². The van der Waals surface area contributed by atoms with Gasteiger partial charge in [0.05, 0.1) is 17.5 Å². The maximum atomic E-state index is 9.19. The van der Waals surface area contributed by atoms with Crippen LogP contribution in [0.5, 0.6) is 0 Å². The van der Waals surface area contributed by atoms with Crippen LogP contribution in [0.4, 0.5) is 0 Å². The molecule has 1 unspecified atom stereocenters. The van der Waals surface area contributed by atoms with Crippen molar-refractivity contribution in [3.63, 3.8) is 0 Å². The van der Waals surface area contributed by atoms with Crippen LogP contribution < -0.4 is 0 Å². The molecule has 0 saturated carbocycles. The van der Waals surface area contributed by atoms with Crippen molar-refractivity contribution in [1.29, 1.82) is 0 Å². The number of hydrogen-bond donors (Lipinski definition) is 2. The molecular formula is C21H30Cl2N2O7S3. The summed E-state index contributed by atoms with van der Waals surface area (Å²) in [6.07, 6.45) is 2.44. The van der Waals surface area contributed by atoms with E-state index in [1.165, 1.54) is 16.0 Å². The molecule has 0 bridgehead atoms. The first-order valence-electron chi connectivity index (χ1n) is 10.1. The van der Waals surface area contributed by atoms with E-state index in [1.807, 2.05) is 6.07 Å². The Kier molecular flexibility index (Phi) is 12.4. The Bertz CT molecular complexity index is 1160. The molecule has 2 aliphatic heterocycles. The molecule has 1 fully saturated rings. The van der Waals surface area contributed by atoms with Crippen molar-refractivity contribution in [2.75, 3.05) is 45.7 Å². The summed E-state index contributed by atoms with van der Waals surface area (Å²) in [5, 5.41) is 1.49. The molecule has 0 amide bonds. The van der Waals surface area contributed by atoms with Gasteiger partial charge >= 0.3 is 0 Å². The van der Waals surface area contributed by atoms with Crippen LogP contribution in [0.3, 0.4) is 0 Å². The van der Waals surface area contributed by atoms with Crippen molar-refractivity contribution in [2.45, 2.75) is 22.3 Å². The summed E-state index contributed by atoms with van der Waals surface area (Å²) >= 11 is 14.7. The van der Waals surface area contributed by atoms with Gasteiger partial charge in [0.25, 0.3) is 20.2 Å². The number of hydrogen-bond acceptors (Lipinski definition) is 7. The number of halogens is 2. The fraction of sp³-hybridized carbons (Fsp3) is 0.429. The van der Waals surface area contributed by atoms with E-state index in [9.17, 15) is 16.8 Å². The third kappa shape index (κ3) is 11.8. The minimum absolute atomic E-state index is 0. The molecule has 0 aromatic heterocycles. The van der Waals surface area contributed by atoms with E-state index in [-0.39, 0.29) is 5.48 Å². The molecule has 0 spiro atoms. The van der Waals surface area contributed by atoms with Crippen molar-refractivity contribution in [2.24, 2.45) is 0 Å². The molecule has 198 valence electrons. The van der Waals surface area contributed by atoms with Crippen LogP contribution in [0.2, 0.25) is 10.0 Å². The smallest absolute Gasteiger partial charge is 0.261 e. The molecule has 0 radical (unpaired) electrons. The van der Waals surface area contributed by atoms with Gasteiger partial charge in [0, 0.05) is 47.0 Å². The van der Waals surface area contributed by atoms with Crippen LogP contribution in [-0.4, -0.2) is 87.0 Å². The van der Waals surface area contributed by atoms with Crippen LogP contribution in [0, 0.1) is 0 Å². The number of rotatable bonds is 1. The van der Waals surface area contributed by atoms with Gasteiger partial charge in [-0.25, -0.2) is 0 Å². The molecular weight excluding hydrogens is 559 g/mol. The fourth-order valence-corrected chi connectivity index (χ4v) is 5.34. The molecule has 1 saturated heterocycles. The molecule has 2 aromatic rings. The molecule has 1 atom stereocenters. The monoisotopic (exact) mass is 588 g/mol. The van der Waals surface area contributed by atoms with E-state index >= 15 is 0 Å². The minimum Gasteiger partial charge on any atom is -0.412 e. The average Bonchev–Trinajstić information content (AvgIpc) is 2.83. The molecule has 2 aromatic carbocycles. The SMILES string of the molecule is CN1CCN(C2Cc3ccccc3Sc3c(Cl)cc(Cl)cc32)CC1.CS(=O)(=O)O.CS(=O)(=O)O.O. The van der Waals surface area contributed by atoms with Crippen molar-refractivity contribution >= 4 is 55.2 Å². The Morgan fingerprint density at radius 2 is 1.46 bits per heavy atom. The Balaban J connectivity index is 0.000000476. The van der Waals surface area contributed by atoms with Gasteiger partial charge in [-0.15, -0.1) is 0 Å². The number of nitrogens with zero attached hydrogens (tertiary/aromatic N) is 2. The first-order chi connectivity index (χ1) is 15.6. The molecule has 35 heavy (non-hydrogen) atoms. The van der Waals surface area contributed by atoms with E-state index in [4.69, 9.17) is 32.3 Å². The standard InChI is InChI=1S/C19H20Cl2N2S.2CH4O3S.H2O/c1-22-6-8-23(9-7-22)17-10-13-4-2-3-5-18(13)24-19-15(17)11-14(20)12-16(19)21;2*1-5(2,3)4;/h2-5,11-12,17H,6-10H2,1H3;2*1H3,(H,2,3,4);1H2. The van der Waals surface area contributed by atoms with Crippen molar-refractivity contribution in [3.8, 4) is 0 Å². The largest absolute Gasteiger partial charge is 0.412 e. The summed E-state index contributed by atoms with van der Waals surface area (Å²) in [7, 11) is -5.14. The Hall–Kier alpha value is -0.930. The molecule has 14 heteroatoms. The number of piperazine rings is 1. The molecule has 0 aliphatic carbocycles. The van der Waals surface area contributed by atoms with Crippen LogP contribution >= 0.6 is 35.0 Å². The summed E-state index contributed by atoms with van der Waals surface area (Å²) in [6.45, 7) is 4.37. The quantitative estimate of drug-likeness (QED) is 0.479. The second kappa shape index (κ2) is 13.6. The second-order valence-electron chi connectivity index (χ2n) is 8.04. The third-order valence-corrected chi connectivity index (χ3v) is 6.88. The van der Waals surface area contributed by atoms with Crippen LogP contribution in [0.15, 0.2) is 46.2 Å². The number of benzene rings is 2. The van der Waals surface area contributed by atoms with Gasteiger partial charge in [0.2, 0.25) is 0 Å². The van der Waals surface area contributed by atoms with Crippen molar-refractivity contribution in [3.05, 3.63) is 57.6 Å². The summed E-state index contributed by atoms with van der Waals surface area (Å²) < 4.78 is 51.7. The maximum Gasteiger partial charge on any atom is 0.261 e. The van der Waals surface area contributed by atoms with E-state index in [2.05, 4.69) is 47.2 Å². The topological polar surface area (TPSA) is 147 Å². The Labute approximate surface area is 221 Å². The first-order valence-corrected chi connectivity index (χ1v) is 15.4. The Morgan fingerprint density at radius 3 is 2.00 bits per heavy atom. The summed E-state index contributed by atoms with van der Waals surface area (Å²) in [5.41, 5.74) is 2.67. The molecule has 4 rings (SSSR count). The first kappa shape index (κ1) is 32.1. The predicted octanol–water partition coefficient (Wildman–Crippen LogP) is 3.17. The van der Waals surface area contributed by atoms with Gasteiger partial charge in [-0.1, -0.05) is 53.2 Å². The highest BCUT2D eigenvalue weighted by Crippen LogP contribution is 2.47. The predicted molar refractivity (Wildman–Crippen MR) is 141 cm³/mol. The highest BCUT2D eigenvalue weighted by atomic mass is 35.5. The van der Waals surface area contributed by atoms with E-state index < -0.39 is 20.2 Å². The van der Waals surface area contributed by atoms with E-state index in [0.717, 1.165) is 47.5 Å². The number of likely N-dealkylation sites (N-methyl/N-ethyl adjacent to an activating group) is 1. The van der Waals surface area contributed by atoms with Gasteiger partial charge in [-0.2, -0.15) is 16.8 Å². The summed E-state index contributed by atoms with van der Waals surface area (Å²) in [6, 6.07) is 13.0. The van der Waals surface area contributed by atoms with Gasteiger partial charge in [0.1, 0.15) is 0 Å². The lowest BCUT2D eigenvalue weighted by Gasteiger charge is -2.38. The highest BCUT2D eigenvalue weighted by molar-refractivity contribution is 7.99. The van der Waals surface area contributed by atoms with Crippen molar-refractivity contribution < 1.29 is 31.4 Å². The Morgan fingerprint density at radius 1 is 0.943 bits per heavy atom. The molecule has 2 aliphatic rings. The van der Waals surface area contributed by atoms with Gasteiger partial charge in [0.15, 0.2) is 0 Å². The zero-order chi connectivity index (χ0) is 25.7. The summed E-state index contributed by atoms with van der Waals surface area (Å²) in [4.78, 5) is 7.45. The average molecular weight is 590 g/mol. The maximum absolute atomic E-state index is 9.19. The lowest BCUT2D eigenvalue weighted by molar-refractivity contribution is 0.110. The third-order valence-electron chi connectivity index (χ3n) is 4.97. The van der Waals surface area contributed by atoms with E-state index in [0.29, 0.717) is 18.6 Å². The second-order valence-corrected chi connectivity index (χ2v) is 12.9. The normalized spacial score (nSPS) is 18.3. The zero-order valence-electron chi connectivity index (χ0n) is 19.5. The van der Waals surface area contributed by atoms with Crippen LogP contribution in [0.25, 0.3) is 0 Å². The van der Waals surface area contributed by atoms with Crippen LogP contribution in [0.1, 0.15) is 17.2 Å². The molecule has 9 nitrogen and oxygen atoms in total. The van der Waals surface area contributed by atoms with Gasteiger partial charge < -0.3 is 10.4 Å².